The predicted octanol–water partition coefficient (Wildman–Crippen LogP) is 5.03. The normalized spacial score (nSPS) is 12.0. The van der Waals surface area contributed by atoms with Gasteiger partial charge in [0.2, 0.25) is 5.91 Å². The Morgan fingerprint density at radius 3 is 2.39 bits per heavy atom. The van der Waals surface area contributed by atoms with Crippen molar-refractivity contribution in [3.05, 3.63) is 64.7 Å². The average Bonchev–Trinajstić information content (AvgIpc) is 2.73. The lowest BCUT2D eigenvalue weighted by Gasteiger charge is -2.29. The van der Waals surface area contributed by atoms with E-state index in [4.69, 9.17) is 16.3 Å². The van der Waals surface area contributed by atoms with Crippen LogP contribution in [0.15, 0.2) is 48.5 Å². The van der Waals surface area contributed by atoms with E-state index in [1.165, 1.54) is 0 Å². The fraction of sp³-hybridized carbons (Fsp3) is 0.440. The molecule has 0 spiro atoms. The lowest BCUT2D eigenvalue weighted by Crippen LogP contribution is -2.49. The van der Waals surface area contributed by atoms with Crippen molar-refractivity contribution in [2.45, 2.75) is 53.1 Å². The molecule has 2 amide bonds. The van der Waals surface area contributed by atoms with Gasteiger partial charge in [-0.05, 0) is 48.1 Å². The molecule has 168 valence electrons. The molecule has 0 heterocycles. The highest BCUT2D eigenvalue weighted by Crippen LogP contribution is 2.26. The molecule has 0 unspecified atom stereocenters. The second kappa shape index (κ2) is 11.8. The Bertz CT molecular complexity index is 883. The van der Waals surface area contributed by atoms with Gasteiger partial charge in [-0.15, -0.1) is 0 Å². The van der Waals surface area contributed by atoms with E-state index in [2.05, 4.69) is 19.2 Å². The summed E-state index contributed by atoms with van der Waals surface area (Å²) in [6.45, 7) is 10.6. The zero-order valence-corrected chi connectivity index (χ0v) is 19.8. The number of carbonyl (C=O) groups is 2. The van der Waals surface area contributed by atoms with E-state index in [0.29, 0.717) is 23.2 Å². The number of amides is 2. The van der Waals surface area contributed by atoms with Gasteiger partial charge >= 0.3 is 0 Å². The Labute approximate surface area is 190 Å². The number of nitrogens with one attached hydrogen (secondary N) is 1. The number of ether oxygens (including phenoxy) is 1. The van der Waals surface area contributed by atoms with Crippen LogP contribution in [0.5, 0.6) is 5.75 Å². The molecule has 2 aromatic rings. The molecule has 2 rings (SSSR count). The highest BCUT2D eigenvalue weighted by molar-refractivity contribution is 6.30. The van der Waals surface area contributed by atoms with Gasteiger partial charge in [0.15, 0.2) is 6.61 Å². The minimum Gasteiger partial charge on any atom is -0.483 e. The number of carbonyl (C=O) groups excluding carboxylic acids is 2. The van der Waals surface area contributed by atoms with Crippen LogP contribution in [0, 0.1) is 5.92 Å². The van der Waals surface area contributed by atoms with Crippen molar-refractivity contribution in [1.82, 2.24) is 10.2 Å². The van der Waals surface area contributed by atoms with E-state index >= 15 is 0 Å². The SMILES string of the molecule is CC(C)CNC(=O)[C@@H](C)N(Cc1cccc(Cl)c1)C(=O)COc1ccccc1C(C)C. The third-order valence-electron chi connectivity index (χ3n) is 4.99. The molecular formula is C25H33ClN2O3. The van der Waals surface area contributed by atoms with Crippen molar-refractivity contribution in [3.63, 3.8) is 0 Å². The molecule has 5 nitrogen and oxygen atoms in total. The van der Waals surface area contributed by atoms with Crippen LogP contribution >= 0.6 is 11.6 Å². The minimum atomic E-state index is -0.644. The summed E-state index contributed by atoms with van der Waals surface area (Å²) in [5.74, 6) is 0.835. The summed E-state index contributed by atoms with van der Waals surface area (Å²) in [6.07, 6.45) is 0. The Morgan fingerprint density at radius 2 is 1.74 bits per heavy atom. The number of halogens is 1. The number of para-hydroxylation sites is 1. The molecule has 0 aromatic heterocycles. The summed E-state index contributed by atoms with van der Waals surface area (Å²) in [5.41, 5.74) is 1.89. The van der Waals surface area contributed by atoms with E-state index in [-0.39, 0.29) is 30.9 Å². The van der Waals surface area contributed by atoms with Crippen LogP contribution in [0.1, 0.15) is 51.7 Å². The first-order chi connectivity index (χ1) is 14.7. The lowest BCUT2D eigenvalue weighted by atomic mass is 10.0. The van der Waals surface area contributed by atoms with Crippen molar-refractivity contribution in [3.8, 4) is 5.75 Å². The molecule has 0 aliphatic carbocycles. The first-order valence-corrected chi connectivity index (χ1v) is 11.1. The van der Waals surface area contributed by atoms with Crippen molar-refractivity contribution in [1.29, 1.82) is 0 Å². The number of hydrogen-bond acceptors (Lipinski definition) is 3. The van der Waals surface area contributed by atoms with Crippen LogP contribution < -0.4 is 10.1 Å². The minimum absolute atomic E-state index is 0.147. The van der Waals surface area contributed by atoms with E-state index in [9.17, 15) is 9.59 Å². The van der Waals surface area contributed by atoms with E-state index in [1.54, 1.807) is 24.0 Å². The molecular weight excluding hydrogens is 412 g/mol. The van der Waals surface area contributed by atoms with E-state index < -0.39 is 6.04 Å². The summed E-state index contributed by atoms with van der Waals surface area (Å²) in [6, 6.07) is 14.4. The first-order valence-electron chi connectivity index (χ1n) is 10.7. The highest BCUT2D eigenvalue weighted by atomic mass is 35.5. The van der Waals surface area contributed by atoms with Crippen LogP contribution in [0.2, 0.25) is 5.02 Å². The van der Waals surface area contributed by atoms with Gasteiger partial charge in [0.05, 0.1) is 0 Å². The van der Waals surface area contributed by atoms with Crippen molar-refractivity contribution < 1.29 is 14.3 Å². The Kier molecular flexibility index (Phi) is 9.38. The smallest absolute Gasteiger partial charge is 0.261 e. The van der Waals surface area contributed by atoms with Crippen LogP contribution in [0.4, 0.5) is 0 Å². The summed E-state index contributed by atoms with van der Waals surface area (Å²) in [4.78, 5) is 27.4. The van der Waals surface area contributed by atoms with Gasteiger partial charge < -0.3 is 15.0 Å². The molecule has 6 heteroatoms. The maximum atomic E-state index is 13.2. The first kappa shape index (κ1) is 24.7. The van der Waals surface area contributed by atoms with Gasteiger partial charge in [-0.1, -0.05) is 69.6 Å². The molecule has 0 aliphatic rings. The fourth-order valence-electron chi connectivity index (χ4n) is 3.18. The van der Waals surface area contributed by atoms with Crippen LogP contribution in [-0.2, 0) is 16.1 Å². The number of hydrogen-bond donors (Lipinski definition) is 1. The monoisotopic (exact) mass is 444 g/mol. The Morgan fingerprint density at radius 1 is 1.03 bits per heavy atom. The van der Waals surface area contributed by atoms with Gasteiger partial charge in [-0.2, -0.15) is 0 Å². The molecule has 1 N–H and O–H groups in total. The molecule has 0 aliphatic heterocycles. The largest absolute Gasteiger partial charge is 0.483 e. The summed E-state index contributed by atoms with van der Waals surface area (Å²) < 4.78 is 5.88. The second-order valence-electron chi connectivity index (χ2n) is 8.45. The number of rotatable bonds is 10. The number of benzene rings is 2. The van der Waals surface area contributed by atoms with Gasteiger partial charge in [0.25, 0.3) is 5.91 Å². The van der Waals surface area contributed by atoms with Gasteiger partial charge in [-0.3, -0.25) is 9.59 Å². The van der Waals surface area contributed by atoms with Gasteiger partial charge in [-0.25, -0.2) is 0 Å². The predicted molar refractivity (Wildman–Crippen MR) is 125 cm³/mol. The molecule has 0 radical (unpaired) electrons. The lowest BCUT2D eigenvalue weighted by molar-refractivity contribution is -0.142. The molecule has 1 atom stereocenters. The molecule has 0 saturated heterocycles. The summed E-state index contributed by atoms with van der Waals surface area (Å²) >= 11 is 6.12. The maximum absolute atomic E-state index is 13.2. The molecule has 0 bridgehead atoms. The van der Waals surface area contributed by atoms with Gasteiger partial charge in [0, 0.05) is 18.1 Å². The molecule has 2 aromatic carbocycles. The standard InChI is InChI=1S/C25H33ClN2O3/c1-17(2)14-27-25(30)19(5)28(15-20-9-8-10-21(26)13-20)24(29)16-31-23-12-7-6-11-22(23)18(3)4/h6-13,17-19H,14-16H2,1-5H3,(H,27,30)/t19-/m1/s1. The van der Waals surface area contributed by atoms with Crippen molar-refractivity contribution >= 4 is 23.4 Å². The molecule has 0 fully saturated rings. The maximum Gasteiger partial charge on any atom is 0.261 e. The van der Waals surface area contributed by atoms with Crippen LogP contribution in [0.25, 0.3) is 0 Å². The third-order valence-corrected chi connectivity index (χ3v) is 5.22. The van der Waals surface area contributed by atoms with Gasteiger partial charge in [0.1, 0.15) is 11.8 Å². The summed E-state index contributed by atoms with van der Waals surface area (Å²) in [7, 11) is 0. The average molecular weight is 445 g/mol. The topological polar surface area (TPSA) is 58.6 Å². The van der Waals surface area contributed by atoms with Crippen LogP contribution in [-0.4, -0.2) is 35.9 Å². The van der Waals surface area contributed by atoms with Crippen LogP contribution in [0.3, 0.4) is 0 Å². The van der Waals surface area contributed by atoms with E-state index in [0.717, 1.165) is 11.1 Å². The quantitative estimate of drug-likeness (QED) is 0.559. The molecule has 0 saturated carbocycles. The zero-order chi connectivity index (χ0) is 23.0. The van der Waals surface area contributed by atoms with Crippen molar-refractivity contribution in [2.24, 2.45) is 5.92 Å². The third kappa shape index (κ3) is 7.59. The Hall–Kier alpha value is -2.53. The number of nitrogens with zero attached hydrogens (tertiary/aromatic N) is 1. The summed E-state index contributed by atoms with van der Waals surface area (Å²) in [5, 5.41) is 3.50. The molecule has 31 heavy (non-hydrogen) atoms. The van der Waals surface area contributed by atoms with Crippen molar-refractivity contribution in [2.75, 3.05) is 13.2 Å². The second-order valence-corrected chi connectivity index (χ2v) is 8.88. The Balaban J connectivity index is 2.18. The fourth-order valence-corrected chi connectivity index (χ4v) is 3.39. The zero-order valence-electron chi connectivity index (χ0n) is 19.0. The highest BCUT2D eigenvalue weighted by Gasteiger charge is 2.27. The van der Waals surface area contributed by atoms with E-state index in [1.807, 2.05) is 50.2 Å².